The van der Waals surface area contributed by atoms with Gasteiger partial charge in [-0.2, -0.15) is 5.10 Å². The summed E-state index contributed by atoms with van der Waals surface area (Å²) in [7, 11) is 0. The van der Waals surface area contributed by atoms with Crippen LogP contribution in [0.3, 0.4) is 0 Å². The number of amides is 2. The summed E-state index contributed by atoms with van der Waals surface area (Å²) in [5.41, 5.74) is 1.92. The van der Waals surface area contributed by atoms with Crippen LogP contribution < -0.4 is 5.32 Å². The number of likely N-dealkylation sites (tertiary alicyclic amines) is 1. The molecule has 0 spiro atoms. The molecule has 2 heterocycles. The van der Waals surface area contributed by atoms with E-state index < -0.39 is 5.97 Å². The highest BCUT2D eigenvalue weighted by atomic mass is 16.4. The lowest BCUT2D eigenvalue weighted by Gasteiger charge is -2.32. The van der Waals surface area contributed by atoms with Crippen LogP contribution in [0, 0.1) is 6.92 Å². The van der Waals surface area contributed by atoms with E-state index in [0.717, 1.165) is 0 Å². The predicted octanol–water partition coefficient (Wildman–Crippen LogP) is 2.51. The minimum absolute atomic E-state index is 0.0510. The molecule has 1 fully saturated rings. The Morgan fingerprint density at radius 3 is 2.21 bits per heavy atom. The number of aromatic carboxylic acids is 1. The molecule has 0 saturated carbocycles. The minimum atomic E-state index is -0.980. The number of hydrogen-bond donors (Lipinski definition) is 2. The fraction of sp³-hybridized carbons (Fsp3) is 0.429. The van der Waals surface area contributed by atoms with Gasteiger partial charge in [-0.25, -0.2) is 4.79 Å². The molecule has 0 bridgehead atoms. The first-order valence-electron chi connectivity index (χ1n) is 9.75. The lowest BCUT2D eigenvalue weighted by Crippen LogP contribution is -2.39. The standard InChI is InChI=1S/C21H26N4O4/c1-13(2)23-19(26)15-4-6-16(7-5-15)20(27)24-10-8-17(9-11-24)25-14(3)18(12-22-25)21(28)29/h4-7,12-13,17H,8-11H2,1-3H3,(H,23,26)(H,28,29). The minimum Gasteiger partial charge on any atom is -0.478 e. The number of carbonyl (C=O) groups is 3. The van der Waals surface area contributed by atoms with Crippen LogP contribution in [-0.2, 0) is 0 Å². The highest BCUT2D eigenvalue weighted by molar-refractivity contribution is 5.98. The highest BCUT2D eigenvalue weighted by Gasteiger charge is 2.27. The Hall–Kier alpha value is -3.16. The summed E-state index contributed by atoms with van der Waals surface area (Å²) in [6.45, 7) is 6.69. The zero-order chi connectivity index (χ0) is 21.1. The largest absolute Gasteiger partial charge is 0.478 e. The van der Waals surface area contributed by atoms with Gasteiger partial charge in [0.15, 0.2) is 0 Å². The Morgan fingerprint density at radius 1 is 1.10 bits per heavy atom. The summed E-state index contributed by atoms with van der Waals surface area (Å²) in [5.74, 6) is -1.20. The normalized spacial score (nSPS) is 14.8. The second kappa shape index (κ2) is 8.46. The van der Waals surface area contributed by atoms with E-state index in [1.807, 2.05) is 13.8 Å². The Morgan fingerprint density at radius 2 is 1.69 bits per heavy atom. The van der Waals surface area contributed by atoms with Crippen LogP contribution in [-0.4, -0.2) is 56.7 Å². The molecule has 8 heteroatoms. The van der Waals surface area contributed by atoms with Crippen LogP contribution in [0.2, 0.25) is 0 Å². The number of nitrogens with one attached hydrogen (secondary N) is 1. The molecule has 1 aromatic heterocycles. The van der Waals surface area contributed by atoms with E-state index in [2.05, 4.69) is 10.4 Å². The van der Waals surface area contributed by atoms with Gasteiger partial charge in [0.25, 0.3) is 11.8 Å². The molecule has 8 nitrogen and oxygen atoms in total. The van der Waals surface area contributed by atoms with Crippen LogP contribution >= 0.6 is 0 Å². The molecule has 0 radical (unpaired) electrons. The van der Waals surface area contributed by atoms with Crippen LogP contribution in [0.5, 0.6) is 0 Å². The van der Waals surface area contributed by atoms with Crippen molar-refractivity contribution < 1.29 is 19.5 Å². The molecule has 1 saturated heterocycles. The average molecular weight is 398 g/mol. The van der Waals surface area contributed by atoms with Crippen molar-refractivity contribution in [2.75, 3.05) is 13.1 Å². The van der Waals surface area contributed by atoms with Crippen LogP contribution in [0.25, 0.3) is 0 Å². The van der Waals surface area contributed by atoms with Gasteiger partial charge in [-0.05, 0) is 57.9 Å². The summed E-state index contributed by atoms with van der Waals surface area (Å²) >= 11 is 0. The number of carboxylic acids is 1. The maximum absolute atomic E-state index is 12.8. The number of carbonyl (C=O) groups excluding carboxylic acids is 2. The first-order chi connectivity index (χ1) is 13.8. The van der Waals surface area contributed by atoms with Crippen molar-refractivity contribution in [1.82, 2.24) is 20.0 Å². The zero-order valence-electron chi connectivity index (χ0n) is 16.9. The van der Waals surface area contributed by atoms with Crippen molar-refractivity contribution in [1.29, 1.82) is 0 Å². The lowest BCUT2D eigenvalue weighted by atomic mass is 10.0. The molecular formula is C21H26N4O4. The van der Waals surface area contributed by atoms with Crippen LogP contribution in [0.1, 0.15) is 69.5 Å². The third-order valence-electron chi connectivity index (χ3n) is 5.19. The second-order valence-electron chi connectivity index (χ2n) is 7.62. The average Bonchev–Trinajstić information content (AvgIpc) is 3.09. The fourth-order valence-electron chi connectivity index (χ4n) is 3.61. The molecule has 3 rings (SSSR count). The van der Waals surface area contributed by atoms with Gasteiger partial charge >= 0.3 is 5.97 Å². The number of rotatable bonds is 5. The third kappa shape index (κ3) is 4.47. The molecule has 1 aliphatic heterocycles. The maximum Gasteiger partial charge on any atom is 0.339 e. The summed E-state index contributed by atoms with van der Waals surface area (Å²) in [4.78, 5) is 37.8. The van der Waals surface area contributed by atoms with Crippen molar-refractivity contribution in [3.05, 3.63) is 52.8 Å². The number of nitrogens with zero attached hydrogens (tertiary/aromatic N) is 3. The molecule has 154 valence electrons. The molecule has 0 unspecified atom stereocenters. The summed E-state index contributed by atoms with van der Waals surface area (Å²) in [6, 6.07) is 6.82. The SMILES string of the molecule is Cc1c(C(=O)O)cnn1C1CCN(C(=O)c2ccc(C(=O)NC(C)C)cc2)CC1. The van der Waals surface area contributed by atoms with Gasteiger partial charge in [-0.15, -0.1) is 0 Å². The van der Waals surface area contributed by atoms with E-state index >= 15 is 0 Å². The summed E-state index contributed by atoms with van der Waals surface area (Å²) < 4.78 is 1.76. The Kier molecular flexibility index (Phi) is 6.00. The molecule has 2 amide bonds. The van der Waals surface area contributed by atoms with E-state index in [-0.39, 0.29) is 29.5 Å². The van der Waals surface area contributed by atoms with E-state index in [0.29, 0.717) is 42.8 Å². The predicted molar refractivity (Wildman–Crippen MR) is 107 cm³/mol. The van der Waals surface area contributed by atoms with Gasteiger partial charge in [-0.1, -0.05) is 0 Å². The smallest absolute Gasteiger partial charge is 0.339 e. The van der Waals surface area contributed by atoms with Gasteiger partial charge in [0, 0.05) is 30.3 Å². The summed E-state index contributed by atoms with van der Waals surface area (Å²) in [5, 5.41) is 16.2. The van der Waals surface area contributed by atoms with E-state index in [4.69, 9.17) is 0 Å². The molecular weight excluding hydrogens is 372 g/mol. The summed E-state index contributed by atoms with van der Waals surface area (Å²) in [6.07, 6.45) is 2.80. The zero-order valence-corrected chi connectivity index (χ0v) is 16.9. The van der Waals surface area contributed by atoms with Crippen LogP contribution in [0.4, 0.5) is 0 Å². The first kappa shape index (κ1) is 20.6. The van der Waals surface area contributed by atoms with Gasteiger partial charge in [0.1, 0.15) is 5.56 Å². The van der Waals surface area contributed by atoms with Gasteiger partial charge in [-0.3, -0.25) is 14.3 Å². The number of hydrogen-bond acceptors (Lipinski definition) is 4. The third-order valence-corrected chi connectivity index (χ3v) is 5.19. The van der Waals surface area contributed by atoms with Crippen molar-refractivity contribution in [3.63, 3.8) is 0 Å². The number of aromatic nitrogens is 2. The number of benzene rings is 1. The van der Waals surface area contributed by atoms with E-state index in [1.54, 1.807) is 40.8 Å². The molecule has 29 heavy (non-hydrogen) atoms. The Bertz CT molecular complexity index is 909. The molecule has 1 aliphatic rings. The van der Waals surface area contributed by atoms with E-state index in [9.17, 15) is 19.5 Å². The maximum atomic E-state index is 12.8. The molecule has 1 aromatic carbocycles. The second-order valence-corrected chi connectivity index (χ2v) is 7.62. The quantitative estimate of drug-likeness (QED) is 0.805. The Labute approximate surface area is 169 Å². The number of piperidine rings is 1. The molecule has 2 N–H and O–H groups in total. The fourth-order valence-corrected chi connectivity index (χ4v) is 3.61. The monoisotopic (exact) mass is 398 g/mol. The van der Waals surface area contributed by atoms with Crippen molar-refractivity contribution >= 4 is 17.8 Å². The van der Waals surface area contributed by atoms with Gasteiger partial charge in [0.2, 0.25) is 0 Å². The van der Waals surface area contributed by atoms with Crippen molar-refractivity contribution in [2.24, 2.45) is 0 Å². The first-order valence-corrected chi connectivity index (χ1v) is 9.75. The Balaban J connectivity index is 1.61. The van der Waals surface area contributed by atoms with Gasteiger partial charge < -0.3 is 15.3 Å². The number of carboxylic acid groups (broad SMARTS) is 1. The highest BCUT2D eigenvalue weighted by Crippen LogP contribution is 2.25. The van der Waals surface area contributed by atoms with E-state index in [1.165, 1.54) is 6.20 Å². The molecule has 2 aromatic rings. The lowest BCUT2D eigenvalue weighted by molar-refractivity contribution is 0.0688. The van der Waals surface area contributed by atoms with Crippen molar-refractivity contribution in [3.8, 4) is 0 Å². The molecule has 0 atom stereocenters. The van der Waals surface area contributed by atoms with Crippen LogP contribution in [0.15, 0.2) is 30.5 Å². The van der Waals surface area contributed by atoms with Gasteiger partial charge in [0.05, 0.1) is 17.9 Å². The van der Waals surface area contributed by atoms with Crippen molar-refractivity contribution in [2.45, 2.75) is 45.7 Å². The molecule has 0 aliphatic carbocycles. The topological polar surface area (TPSA) is 105 Å².